The van der Waals surface area contributed by atoms with Crippen molar-refractivity contribution in [3.63, 3.8) is 0 Å². The molecule has 1 fully saturated rings. The average molecular weight is 331 g/mol. The largest absolute Gasteiger partial charge is 0.310 e. The number of non-ortho nitro benzene ring substituents is 1. The second-order valence-electron chi connectivity index (χ2n) is 4.34. The molecule has 0 aromatic heterocycles. The number of nitro benzene ring substituents is 1. The van der Waals surface area contributed by atoms with E-state index in [1.165, 1.54) is 30.4 Å². The van der Waals surface area contributed by atoms with Crippen molar-refractivity contribution in [2.45, 2.75) is 25.4 Å². The van der Waals surface area contributed by atoms with E-state index in [0.717, 1.165) is 10.0 Å². The Kier molecular flexibility index (Phi) is 5.03. The lowest BCUT2D eigenvalue weighted by atomic mass is 10.1. The summed E-state index contributed by atoms with van der Waals surface area (Å²) in [7, 11) is 0. The number of benzene rings is 1. The molecule has 6 heteroatoms. The highest BCUT2D eigenvalue weighted by Gasteiger charge is 2.14. The summed E-state index contributed by atoms with van der Waals surface area (Å²) in [5.41, 5.74) is 1.09. The molecule has 0 aliphatic carbocycles. The van der Waals surface area contributed by atoms with Crippen LogP contribution in [0, 0.1) is 10.1 Å². The van der Waals surface area contributed by atoms with Crippen LogP contribution in [0.1, 0.15) is 18.4 Å². The van der Waals surface area contributed by atoms with Crippen LogP contribution in [-0.2, 0) is 6.54 Å². The van der Waals surface area contributed by atoms with Crippen LogP contribution in [0.5, 0.6) is 0 Å². The van der Waals surface area contributed by atoms with Crippen LogP contribution in [0.3, 0.4) is 0 Å². The van der Waals surface area contributed by atoms with Gasteiger partial charge in [0, 0.05) is 29.2 Å². The Morgan fingerprint density at radius 1 is 1.39 bits per heavy atom. The first-order valence-corrected chi connectivity index (χ1v) is 7.85. The van der Waals surface area contributed by atoms with Crippen molar-refractivity contribution in [3.8, 4) is 0 Å². The molecule has 1 aromatic rings. The number of thioether (sulfide) groups is 1. The van der Waals surface area contributed by atoms with E-state index in [0.29, 0.717) is 12.6 Å². The molecule has 4 nitrogen and oxygen atoms in total. The summed E-state index contributed by atoms with van der Waals surface area (Å²) in [6, 6.07) is 5.64. The van der Waals surface area contributed by atoms with Gasteiger partial charge in [-0.25, -0.2) is 0 Å². The predicted octanol–water partition coefficient (Wildman–Crippen LogP) is 3.34. The first-order chi connectivity index (χ1) is 8.65. The molecule has 1 aliphatic rings. The maximum atomic E-state index is 10.8. The summed E-state index contributed by atoms with van der Waals surface area (Å²) >= 11 is 5.30. The molecule has 1 saturated heterocycles. The topological polar surface area (TPSA) is 55.2 Å². The highest BCUT2D eigenvalue weighted by molar-refractivity contribution is 9.10. The molecule has 18 heavy (non-hydrogen) atoms. The zero-order valence-corrected chi connectivity index (χ0v) is 12.3. The summed E-state index contributed by atoms with van der Waals surface area (Å²) in [6.45, 7) is 0.690. The molecule has 0 amide bonds. The Hall–Kier alpha value is -0.590. The second-order valence-corrected chi connectivity index (χ2v) is 6.48. The average Bonchev–Trinajstić information content (AvgIpc) is 2.37. The summed E-state index contributed by atoms with van der Waals surface area (Å²) < 4.78 is 0.757. The van der Waals surface area contributed by atoms with Gasteiger partial charge in [-0.05, 0) is 36.0 Å². The minimum atomic E-state index is -0.356. The third-order valence-electron chi connectivity index (χ3n) is 2.97. The van der Waals surface area contributed by atoms with Crippen LogP contribution in [0.15, 0.2) is 22.7 Å². The number of halogens is 1. The minimum Gasteiger partial charge on any atom is -0.310 e. The minimum absolute atomic E-state index is 0.139. The number of rotatable bonds is 4. The third-order valence-corrected chi connectivity index (χ3v) is 4.48. The molecular weight excluding hydrogens is 316 g/mol. The van der Waals surface area contributed by atoms with Gasteiger partial charge in [-0.3, -0.25) is 10.1 Å². The van der Waals surface area contributed by atoms with E-state index >= 15 is 0 Å². The fourth-order valence-corrected chi connectivity index (χ4v) is 3.64. The van der Waals surface area contributed by atoms with Gasteiger partial charge >= 0.3 is 0 Å². The Balaban J connectivity index is 1.97. The van der Waals surface area contributed by atoms with Crippen LogP contribution in [0.4, 0.5) is 5.69 Å². The highest BCUT2D eigenvalue weighted by atomic mass is 79.9. The van der Waals surface area contributed by atoms with Gasteiger partial charge < -0.3 is 5.32 Å². The fourth-order valence-electron chi connectivity index (χ4n) is 2.00. The number of nitrogens with one attached hydrogen (secondary N) is 1. The van der Waals surface area contributed by atoms with Crippen molar-refractivity contribution in [3.05, 3.63) is 38.3 Å². The van der Waals surface area contributed by atoms with E-state index in [4.69, 9.17) is 0 Å². The van der Waals surface area contributed by atoms with Crippen molar-refractivity contribution in [1.82, 2.24) is 5.32 Å². The quantitative estimate of drug-likeness (QED) is 0.679. The van der Waals surface area contributed by atoms with Crippen molar-refractivity contribution in [1.29, 1.82) is 0 Å². The molecule has 1 aromatic carbocycles. The summed E-state index contributed by atoms with van der Waals surface area (Å²) in [5.74, 6) is 2.41. The molecule has 0 bridgehead atoms. The summed E-state index contributed by atoms with van der Waals surface area (Å²) in [6.07, 6.45) is 2.36. The van der Waals surface area contributed by atoms with Gasteiger partial charge in [-0.15, -0.1) is 0 Å². The molecule has 0 unspecified atom stereocenters. The molecule has 2 rings (SSSR count). The molecule has 0 atom stereocenters. The molecule has 98 valence electrons. The highest BCUT2D eigenvalue weighted by Crippen LogP contribution is 2.22. The van der Waals surface area contributed by atoms with E-state index in [-0.39, 0.29) is 10.6 Å². The van der Waals surface area contributed by atoms with E-state index in [1.54, 1.807) is 6.07 Å². The van der Waals surface area contributed by atoms with E-state index in [1.807, 2.05) is 17.8 Å². The van der Waals surface area contributed by atoms with Crippen LogP contribution >= 0.6 is 27.7 Å². The SMILES string of the molecule is O=[N+]([O-])c1cc(Br)cc(CNC2CCSCC2)c1. The molecule has 0 spiro atoms. The van der Waals surface area contributed by atoms with Gasteiger partial charge in [0.15, 0.2) is 0 Å². The van der Waals surface area contributed by atoms with Crippen molar-refractivity contribution in [2.75, 3.05) is 11.5 Å². The Bertz CT molecular complexity index is 436. The smallest absolute Gasteiger partial charge is 0.270 e. The normalized spacial score (nSPS) is 16.7. The molecule has 1 N–H and O–H groups in total. The Labute approximate surface area is 119 Å². The maximum absolute atomic E-state index is 10.8. The molecule has 1 heterocycles. The van der Waals surface area contributed by atoms with Crippen LogP contribution in [0.2, 0.25) is 0 Å². The Morgan fingerprint density at radius 2 is 2.11 bits per heavy atom. The summed E-state index contributed by atoms with van der Waals surface area (Å²) in [5, 5.41) is 14.2. The second kappa shape index (κ2) is 6.54. The molecular formula is C12H15BrN2O2S. The lowest BCUT2D eigenvalue weighted by Gasteiger charge is -2.22. The first kappa shape index (κ1) is 13.8. The van der Waals surface area contributed by atoms with Gasteiger partial charge in [-0.1, -0.05) is 15.9 Å². The van der Waals surface area contributed by atoms with E-state index in [2.05, 4.69) is 21.2 Å². The van der Waals surface area contributed by atoms with Crippen LogP contribution in [-0.4, -0.2) is 22.5 Å². The maximum Gasteiger partial charge on any atom is 0.270 e. The van der Waals surface area contributed by atoms with Crippen molar-refractivity contribution < 1.29 is 4.92 Å². The van der Waals surface area contributed by atoms with Gasteiger partial charge in [0.2, 0.25) is 0 Å². The zero-order valence-electron chi connectivity index (χ0n) is 9.89. The lowest BCUT2D eigenvalue weighted by molar-refractivity contribution is -0.385. The Morgan fingerprint density at radius 3 is 2.78 bits per heavy atom. The lowest BCUT2D eigenvalue weighted by Crippen LogP contribution is -2.32. The molecule has 0 radical (unpaired) electrons. The standard InChI is InChI=1S/C12H15BrN2O2S/c13-10-5-9(6-12(7-10)15(16)17)8-14-11-1-3-18-4-2-11/h5-7,11,14H,1-4,8H2. The van der Waals surface area contributed by atoms with Gasteiger partial charge in [-0.2, -0.15) is 11.8 Å². The number of nitro groups is 1. The van der Waals surface area contributed by atoms with Gasteiger partial charge in [0.25, 0.3) is 5.69 Å². The van der Waals surface area contributed by atoms with Crippen LogP contribution < -0.4 is 5.32 Å². The zero-order chi connectivity index (χ0) is 13.0. The molecule has 1 aliphatic heterocycles. The van der Waals surface area contributed by atoms with Gasteiger partial charge in [0.1, 0.15) is 0 Å². The first-order valence-electron chi connectivity index (χ1n) is 5.90. The van der Waals surface area contributed by atoms with Gasteiger partial charge in [0.05, 0.1) is 4.92 Å². The predicted molar refractivity (Wildman–Crippen MR) is 78.0 cm³/mol. The molecule has 0 saturated carbocycles. The summed E-state index contributed by atoms with van der Waals surface area (Å²) in [4.78, 5) is 10.4. The number of hydrogen-bond donors (Lipinski definition) is 1. The van der Waals surface area contributed by atoms with Crippen molar-refractivity contribution >= 4 is 33.4 Å². The van der Waals surface area contributed by atoms with E-state index in [9.17, 15) is 10.1 Å². The number of nitrogens with zero attached hydrogens (tertiary/aromatic N) is 1. The van der Waals surface area contributed by atoms with Crippen molar-refractivity contribution in [2.24, 2.45) is 0 Å². The van der Waals surface area contributed by atoms with E-state index < -0.39 is 0 Å². The third kappa shape index (κ3) is 3.96. The monoisotopic (exact) mass is 330 g/mol. The fraction of sp³-hybridized carbons (Fsp3) is 0.500. The number of hydrogen-bond acceptors (Lipinski definition) is 4. The van der Waals surface area contributed by atoms with Crippen LogP contribution in [0.25, 0.3) is 0 Å².